The van der Waals surface area contributed by atoms with Gasteiger partial charge in [-0.15, -0.1) is 0 Å². The number of hydrogen-bond acceptors (Lipinski definition) is 3. The molecule has 0 bridgehead atoms. The van der Waals surface area contributed by atoms with E-state index < -0.39 is 0 Å². The highest BCUT2D eigenvalue weighted by Crippen LogP contribution is 2.25. The lowest BCUT2D eigenvalue weighted by molar-refractivity contribution is 0.892. The predicted octanol–water partition coefficient (Wildman–Crippen LogP) is 4.43. The molecule has 0 saturated heterocycles. The molecule has 0 atom stereocenters. The third-order valence-corrected chi connectivity index (χ3v) is 5.14. The van der Waals surface area contributed by atoms with Crippen LogP contribution in [0.4, 0.5) is 0 Å². The summed E-state index contributed by atoms with van der Waals surface area (Å²) in [4.78, 5) is 9.15. The molecule has 0 aliphatic heterocycles. The van der Waals surface area contributed by atoms with Crippen LogP contribution < -0.4 is 0 Å². The van der Waals surface area contributed by atoms with Crippen molar-refractivity contribution in [2.45, 2.75) is 24.8 Å². The first-order valence-electron chi connectivity index (χ1n) is 7.87. The first-order chi connectivity index (χ1) is 11.7. The van der Waals surface area contributed by atoms with Gasteiger partial charge >= 0.3 is 0 Å². The number of imidazole rings is 2. The zero-order valence-corrected chi connectivity index (χ0v) is 14.5. The molecule has 5 heteroatoms. The molecule has 0 fully saturated rings. The summed E-state index contributed by atoms with van der Waals surface area (Å²) in [5, 5.41) is 0.982. The van der Waals surface area contributed by atoms with Gasteiger partial charge in [0.25, 0.3) is 0 Å². The summed E-state index contributed by atoms with van der Waals surface area (Å²) in [5.74, 6) is 0.795. The maximum absolute atomic E-state index is 4.65. The van der Waals surface area contributed by atoms with E-state index in [1.165, 1.54) is 11.1 Å². The molecule has 3 aromatic heterocycles. The highest BCUT2D eigenvalue weighted by Gasteiger charge is 2.09. The van der Waals surface area contributed by atoms with E-state index in [9.17, 15) is 0 Å². The van der Waals surface area contributed by atoms with E-state index in [2.05, 4.69) is 52.8 Å². The van der Waals surface area contributed by atoms with Crippen molar-refractivity contribution < 1.29 is 0 Å². The Labute approximate surface area is 145 Å². The van der Waals surface area contributed by atoms with Gasteiger partial charge in [-0.2, -0.15) is 0 Å². The minimum absolute atomic E-state index is 0.795. The molecule has 3 heterocycles. The predicted molar refractivity (Wildman–Crippen MR) is 97.8 cm³/mol. The van der Waals surface area contributed by atoms with E-state index in [-0.39, 0.29) is 0 Å². The minimum atomic E-state index is 0.795. The van der Waals surface area contributed by atoms with E-state index in [1.54, 1.807) is 11.8 Å². The van der Waals surface area contributed by atoms with Crippen molar-refractivity contribution >= 4 is 17.4 Å². The van der Waals surface area contributed by atoms with Gasteiger partial charge in [0.15, 0.2) is 5.16 Å². The second-order valence-corrected chi connectivity index (χ2v) is 6.78. The van der Waals surface area contributed by atoms with Crippen molar-refractivity contribution in [3.8, 4) is 5.69 Å². The van der Waals surface area contributed by atoms with Crippen LogP contribution in [0.15, 0.2) is 66.3 Å². The molecule has 0 aliphatic carbocycles. The SMILES string of the molecule is Cc1ccc(-n2ccnc2SCc2cn3ccccc3n2)cc1C. The van der Waals surface area contributed by atoms with Crippen LogP contribution in [-0.2, 0) is 5.75 Å². The first kappa shape index (κ1) is 15.0. The number of thioether (sulfide) groups is 1. The molecule has 4 nitrogen and oxygen atoms in total. The number of benzene rings is 1. The summed E-state index contributed by atoms with van der Waals surface area (Å²) in [6, 6.07) is 12.5. The van der Waals surface area contributed by atoms with Gasteiger partial charge in [-0.1, -0.05) is 23.9 Å². The van der Waals surface area contributed by atoms with E-state index in [1.807, 2.05) is 41.2 Å². The van der Waals surface area contributed by atoms with Crippen molar-refractivity contribution in [2.75, 3.05) is 0 Å². The summed E-state index contributed by atoms with van der Waals surface area (Å²) in [5.41, 5.74) is 5.77. The minimum Gasteiger partial charge on any atom is -0.307 e. The van der Waals surface area contributed by atoms with Crippen molar-refractivity contribution in [2.24, 2.45) is 0 Å². The molecule has 120 valence electrons. The molecule has 1 aromatic carbocycles. The molecule has 0 spiro atoms. The second kappa shape index (κ2) is 6.17. The summed E-state index contributed by atoms with van der Waals surface area (Å²) >= 11 is 1.70. The third-order valence-electron chi connectivity index (χ3n) is 4.14. The Hall–Kier alpha value is -2.53. The van der Waals surface area contributed by atoms with E-state index in [4.69, 9.17) is 0 Å². The first-order valence-corrected chi connectivity index (χ1v) is 8.86. The van der Waals surface area contributed by atoms with Crippen LogP contribution in [0.1, 0.15) is 16.8 Å². The molecule has 0 unspecified atom stereocenters. The number of fused-ring (bicyclic) bond motifs is 1. The van der Waals surface area contributed by atoms with Crippen LogP contribution in [0.2, 0.25) is 0 Å². The topological polar surface area (TPSA) is 35.1 Å². The fourth-order valence-corrected chi connectivity index (χ4v) is 3.52. The zero-order valence-electron chi connectivity index (χ0n) is 13.7. The third kappa shape index (κ3) is 2.83. The molecule has 0 amide bonds. The molecule has 4 aromatic rings. The molecule has 0 N–H and O–H groups in total. The summed E-state index contributed by atoms with van der Waals surface area (Å²) in [6.07, 6.45) is 7.95. The fraction of sp³-hybridized carbons (Fsp3) is 0.158. The Morgan fingerprint density at radius 1 is 1.04 bits per heavy atom. The summed E-state index contributed by atoms with van der Waals surface area (Å²) < 4.78 is 4.18. The van der Waals surface area contributed by atoms with Gasteiger partial charge in [0.1, 0.15) is 5.65 Å². The van der Waals surface area contributed by atoms with Gasteiger partial charge in [0.05, 0.1) is 5.69 Å². The Balaban J connectivity index is 1.57. The lowest BCUT2D eigenvalue weighted by atomic mass is 10.1. The van der Waals surface area contributed by atoms with Gasteiger partial charge in [-0.25, -0.2) is 9.97 Å². The molecule has 0 saturated carbocycles. The average molecular weight is 334 g/mol. The molecule has 0 radical (unpaired) electrons. The van der Waals surface area contributed by atoms with Crippen molar-refractivity contribution in [1.82, 2.24) is 18.9 Å². The molecular formula is C19H18N4S. The zero-order chi connectivity index (χ0) is 16.5. The van der Waals surface area contributed by atoms with E-state index in [0.717, 1.165) is 27.9 Å². The smallest absolute Gasteiger partial charge is 0.172 e. The van der Waals surface area contributed by atoms with Crippen LogP contribution in [0.5, 0.6) is 0 Å². The Morgan fingerprint density at radius 3 is 2.79 bits per heavy atom. The number of aromatic nitrogens is 4. The number of hydrogen-bond donors (Lipinski definition) is 0. The van der Waals surface area contributed by atoms with Crippen LogP contribution in [0.25, 0.3) is 11.3 Å². The van der Waals surface area contributed by atoms with Gasteiger partial charge in [-0.3, -0.25) is 4.57 Å². The van der Waals surface area contributed by atoms with Gasteiger partial charge in [-0.05, 0) is 49.2 Å². The lowest BCUT2D eigenvalue weighted by Gasteiger charge is -2.09. The van der Waals surface area contributed by atoms with E-state index >= 15 is 0 Å². The summed E-state index contributed by atoms with van der Waals surface area (Å²) in [6.45, 7) is 4.27. The summed E-state index contributed by atoms with van der Waals surface area (Å²) in [7, 11) is 0. The van der Waals surface area contributed by atoms with Gasteiger partial charge in [0.2, 0.25) is 0 Å². The Morgan fingerprint density at radius 2 is 1.96 bits per heavy atom. The van der Waals surface area contributed by atoms with Crippen LogP contribution in [0.3, 0.4) is 0 Å². The maximum Gasteiger partial charge on any atom is 0.172 e. The highest BCUT2D eigenvalue weighted by molar-refractivity contribution is 7.98. The number of pyridine rings is 1. The van der Waals surface area contributed by atoms with E-state index in [0.29, 0.717) is 0 Å². The maximum atomic E-state index is 4.65. The molecule has 24 heavy (non-hydrogen) atoms. The van der Waals surface area contributed by atoms with Crippen molar-refractivity contribution in [1.29, 1.82) is 0 Å². The highest BCUT2D eigenvalue weighted by atomic mass is 32.2. The van der Waals surface area contributed by atoms with Crippen LogP contribution in [-0.4, -0.2) is 18.9 Å². The standard InChI is InChI=1S/C19H18N4S/c1-14-6-7-17(11-15(14)2)23-10-8-20-19(23)24-13-16-12-22-9-4-3-5-18(22)21-16/h3-12H,13H2,1-2H3. The Kier molecular flexibility index (Phi) is 3.86. The lowest BCUT2D eigenvalue weighted by Crippen LogP contribution is -1.96. The largest absolute Gasteiger partial charge is 0.307 e. The number of rotatable bonds is 4. The molecule has 4 rings (SSSR count). The normalized spacial score (nSPS) is 11.2. The fourth-order valence-electron chi connectivity index (χ4n) is 2.66. The average Bonchev–Trinajstić information content (AvgIpc) is 3.21. The molecule has 0 aliphatic rings. The van der Waals surface area contributed by atoms with Gasteiger partial charge in [0, 0.05) is 36.2 Å². The van der Waals surface area contributed by atoms with Crippen molar-refractivity contribution in [3.63, 3.8) is 0 Å². The monoisotopic (exact) mass is 334 g/mol. The molecular weight excluding hydrogens is 316 g/mol. The quantitative estimate of drug-likeness (QED) is 0.518. The number of nitrogens with zero attached hydrogens (tertiary/aromatic N) is 4. The second-order valence-electron chi connectivity index (χ2n) is 5.84. The Bertz CT molecular complexity index is 966. The van der Waals surface area contributed by atoms with Gasteiger partial charge < -0.3 is 4.40 Å². The van der Waals surface area contributed by atoms with Crippen LogP contribution in [0, 0.1) is 13.8 Å². The number of aryl methyl sites for hydroxylation is 2. The van der Waals surface area contributed by atoms with Crippen molar-refractivity contribution in [3.05, 3.63) is 78.0 Å². The van der Waals surface area contributed by atoms with Crippen LogP contribution >= 0.6 is 11.8 Å².